The van der Waals surface area contributed by atoms with Crippen LogP contribution >= 0.6 is 11.6 Å². The second kappa shape index (κ2) is 5.17. The van der Waals surface area contributed by atoms with E-state index in [2.05, 4.69) is 35.3 Å². The smallest absolute Gasteiger partial charge is 0.220 e. The van der Waals surface area contributed by atoms with E-state index in [1.54, 1.807) is 0 Å². The number of halogens is 1. The van der Waals surface area contributed by atoms with E-state index in [4.69, 9.17) is 16.0 Å². The van der Waals surface area contributed by atoms with Crippen LogP contribution in [0.3, 0.4) is 0 Å². The highest BCUT2D eigenvalue weighted by Gasteiger charge is 2.30. The first-order valence-corrected chi connectivity index (χ1v) is 6.79. The second-order valence-electron chi connectivity index (χ2n) is 5.03. The topological polar surface area (TPSA) is 38.9 Å². The molecule has 0 saturated carbocycles. The Hall–Kier alpha value is -1.61. The third-order valence-corrected chi connectivity index (χ3v) is 3.99. The van der Waals surface area contributed by atoms with Gasteiger partial charge in [-0.25, -0.2) is 0 Å². The van der Waals surface area contributed by atoms with Gasteiger partial charge in [0, 0.05) is 10.9 Å². The van der Waals surface area contributed by atoms with Gasteiger partial charge in [0.2, 0.25) is 12.3 Å². The zero-order valence-corrected chi connectivity index (χ0v) is 11.5. The lowest BCUT2D eigenvalue weighted by atomic mass is 9.76. The van der Waals surface area contributed by atoms with Crippen LogP contribution < -0.4 is 0 Å². The first-order chi connectivity index (χ1) is 9.24. The lowest BCUT2D eigenvalue weighted by molar-refractivity contribution is 0.391. The van der Waals surface area contributed by atoms with Gasteiger partial charge >= 0.3 is 0 Å². The molecule has 2 aromatic rings. The van der Waals surface area contributed by atoms with E-state index < -0.39 is 0 Å². The van der Waals surface area contributed by atoms with Gasteiger partial charge in [-0.1, -0.05) is 35.4 Å². The number of nitrogens with zero attached hydrogens (tertiary/aromatic N) is 2. The third kappa shape index (κ3) is 2.56. The maximum absolute atomic E-state index is 5.96. The van der Waals surface area contributed by atoms with E-state index in [-0.39, 0.29) is 5.92 Å². The molecule has 4 heteroatoms. The van der Waals surface area contributed by atoms with Crippen LogP contribution in [0.2, 0.25) is 5.02 Å². The van der Waals surface area contributed by atoms with Crippen molar-refractivity contribution in [1.29, 1.82) is 0 Å². The minimum absolute atomic E-state index is 0.257. The number of hydrogen-bond acceptors (Lipinski definition) is 3. The molecule has 0 unspecified atom stereocenters. The Labute approximate surface area is 117 Å². The van der Waals surface area contributed by atoms with Gasteiger partial charge in [0.05, 0.1) is 0 Å². The van der Waals surface area contributed by atoms with Crippen LogP contribution in [0.15, 0.2) is 46.7 Å². The standard InChI is InChI=1S/C15H15ClN2O/c1-10-2-7-13(15-18-17-9-19-15)14(8-10)11-3-5-12(16)6-4-11/h2-6,9,13-14H,7-8H2,1H3/t13-,14+/m1/s1. The Bertz CT molecular complexity index is 575. The highest BCUT2D eigenvalue weighted by atomic mass is 35.5. The van der Waals surface area contributed by atoms with Crippen LogP contribution in [-0.4, -0.2) is 10.2 Å². The average Bonchev–Trinajstić information content (AvgIpc) is 2.93. The largest absolute Gasteiger partial charge is 0.428 e. The van der Waals surface area contributed by atoms with E-state index in [0.717, 1.165) is 23.8 Å². The van der Waals surface area contributed by atoms with E-state index in [1.807, 2.05) is 12.1 Å². The minimum Gasteiger partial charge on any atom is -0.428 e. The molecule has 3 nitrogen and oxygen atoms in total. The SMILES string of the molecule is CC1=CC[C@@H](c2nnco2)[C@H](c2ccc(Cl)cc2)C1. The Morgan fingerprint density at radius 1 is 1.21 bits per heavy atom. The fourth-order valence-corrected chi connectivity index (χ4v) is 2.87. The van der Waals surface area contributed by atoms with Crippen LogP contribution in [0, 0.1) is 0 Å². The Morgan fingerprint density at radius 2 is 2.00 bits per heavy atom. The normalized spacial score (nSPS) is 23.2. The molecular weight excluding hydrogens is 260 g/mol. The molecule has 0 bridgehead atoms. The summed E-state index contributed by atoms with van der Waals surface area (Å²) in [7, 11) is 0. The maximum atomic E-state index is 5.96. The molecule has 1 aliphatic carbocycles. The van der Waals surface area contributed by atoms with Crippen molar-refractivity contribution in [1.82, 2.24) is 10.2 Å². The van der Waals surface area contributed by atoms with Gasteiger partial charge < -0.3 is 4.42 Å². The predicted molar refractivity (Wildman–Crippen MR) is 74.2 cm³/mol. The highest BCUT2D eigenvalue weighted by Crippen LogP contribution is 2.42. The summed E-state index contributed by atoms with van der Waals surface area (Å²) in [5.74, 6) is 1.36. The molecule has 0 N–H and O–H groups in total. The fourth-order valence-electron chi connectivity index (χ4n) is 2.74. The van der Waals surface area contributed by atoms with Gasteiger partial charge in [-0.15, -0.1) is 10.2 Å². The predicted octanol–water partition coefficient (Wildman–Crippen LogP) is 4.33. The van der Waals surface area contributed by atoms with Gasteiger partial charge in [0.25, 0.3) is 0 Å². The average molecular weight is 275 g/mol. The molecule has 2 atom stereocenters. The van der Waals surface area contributed by atoms with E-state index >= 15 is 0 Å². The molecule has 0 saturated heterocycles. The van der Waals surface area contributed by atoms with Crippen molar-refractivity contribution in [2.45, 2.75) is 31.6 Å². The molecule has 0 aliphatic heterocycles. The van der Waals surface area contributed by atoms with Crippen molar-refractivity contribution >= 4 is 11.6 Å². The van der Waals surface area contributed by atoms with Crippen LogP contribution in [0.4, 0.5) is 0 Å². The third-order valence-electron chi connectivity index (χ3n) is 3.74. The molecule has 1 aromatic carbocycles. The molecule has 1 aliphatic rings. The first-order valence-electron chi connectivity index (χ1n) is 6.41. The summed E-state index contributed by atoms with van der Waals surface area (Å²) in [6.07, 6.45) is 5.64. The van der Waals surface area contributed by atoms with Crippen molar-refractivity contribution < 1.29 is 4.42 Å². The van der Waals surface area contributed by atoms with E-state index in [1.165, 1.54) is 17.5 Å². The van der Waals surface area contributed by atoms with Crippen LogP contribution in [-0.2, 0) is 0 Å². The molecule has 3 rings (SSSR count). The molecule has 0 spiro atoms. The summed E-state index contributed by atoms with van der Waals surface area (Å²) in [4.78, 5) is 0. The van der Waals surface area contributed by atoms with Crippen molar-refractivity contribution in [3.05, 3.63) is 58.8 Å². The summed E-state index contributed by atoms with van der Waals surface area (Å²) in [5.41, 5.74) is 2.69. The fraction of sp³-hybridized carbons (Fsp3) is 0.333. The molecule has 0 radical (unpaired) electrons. The zero-order chi connectivity index (χ0) is 13.2. The van der Waals surface area contributed by atoms with Crippen molar-refractivity contribution in [3.8, 4) is 0 Å². The summed E-state index contributed by atoms with van der Waals surface area (Å²) in [6.45, 7) is 2.17. The quantitative estimate of drug-likeness (QED) is 0.765. The van der Waals surface area contributed by atoms with Gasteiger partial charge in [0.1, 0.15) is 0 Å². The molecular formula is C15H15ClN2O. The number of allylic oxidation sites excluding steroid dienone is 2. The summed E-state index contributed by atoms with van der Waals surface area (Å²) in [6, 6.07) is 8.06. The number of hydrogen-bond donors (Lipinski definition) is 0. The summed E-state index contributed by atoms with van der Waals surface area (Å²) < 4.78 is 5.41. The Balaban J connectivity index is 1.96. The number of benzene rings is 1. The molecule has 98 valence electrons. The number of rotatable bonds is 2. The van der Waals surface area contributed by atoms with Crippen molar-refractivity contribution in [2.24, 2.45) is 0 Å². The van der Waals surface area contributed by atoms with Crippen molar-refractivity contribution in [2.75, 3.05) is 0 Å². The molecule has 0 amide bonds. The van der Waals surface area contributed by atoms with Gasteiger partial charge in [0.15, 0.2) is 0 Å². The van der Waals surface area contributed by atoms with Crippen molar-refractivity contribution in [3.63, 3.8) is 0 Å². The first kappa shape index (κ1) is 12.4. The minimum atomic E-state index is 0.257. The number of aromatic nitrogens is 2. The lowest BCUT2D eigenvalue weighted by Crippen LogP contribution is -2.15. The highest BCUT2D eigenvalue weighted by molar-refractivity contribution is 6.30. The van der Waals surface area contributed by atoms with Crippen LogP contribution in [0.1, 0.15) is 43.1 Å². The van der Waals surface area contributed by atoms with E-state index in [9.17, 15) is 0 Å². The Kier molecular flexibility index (Phi) is 3.38. The van der Waals surface area contributed by atoms with Crippen LogP contribution in [0.5, 0.6) is 0 Å². The summed E-state index contributed by atoms with van der Waals surface area (Å²) in [5, 5.41) is 8.65. The Morgan fingerprint density at radius 3 is 2.68 bits per heavy atom. The lowest BCUT2D eigenvalue weighted by Gasteiger charge is -2.28. The second-order valence-corrected chi connectivity index (χ2v) is 5.47. The zero-order valence-electron chi connectivity index (χ0n) is 10.7. The molecule has 1 aromatic heterocycles. The van der Waals surface area contributed by atoms with Gasteiger partial charge in [-0.3, -0.25) is 0 Å². The summed E-state index contributed by atoms with van der Waals surface area (Å²) >= 11 is 5.96. The van der Waals surface area contributed by atoms with Gasteiger partial charge in [-0.05, 0) is 43.4 Å². The molecule has 19 heavy (non-hydrogen) atoms. The molecule has 0 fully saturated rings. The molecule has 1 heterocycles. The maximum Gasteiger partial charge on any atom is 0.220 e. The van der Waals surface area contributed by atoms with E-state index in [0.29, 0.717) is 5.92 Å². The van der Waals surface area contributed by atoms with Gasteiger partial charge in [-0.2, -0.15) is 0 Å². The monoisotopic (exact) mass is 274 g/mol. The van der Waals surface area contributed by atoms with Crippen LogP contribution in [0.25, 0.3) is 0 Å².